The van der Waals surface area contributed by atoms with E-state index in [1.807, 2.05) is 15.5 Å². The number of amides is 1. The van der Waals surface area contributed by atoms with Crippen LogP contribution >= 0.6 is 46.4 Å². The van der Waals surface area contributed by atoms with Crippen LogP contribution in [0.3, 0.4) is 0 Å². The lowest BCUT2D eigenvalue weighted by atomic mass is 9.83. The van der Waals surface area contributed by atoms with E-state index in [9.17, 15) is 9.59 Å². The number of nitrogens with zero attached hydrogens (tertiary/aromatic N) is 2. The van der Waals surface area contributed by atoms with Gasteiger partial charge < -0.3 is 9.88 Å². The van der Waals surface area contributed by atoms with Gasteiger partial charge in [0.2, 0.25) is 3.79 Å². The summed E-state index contributed by atoms with van der Waals surface area (Å²) in [4.78, 5) is 27.0. The van der Waals surface area contributed by atoms with Crippen molar-refractivity contribution in [1.82, 2.24) is 14.8 Å². The molecule has 0 aliphatic carbocycles. The Labute approximate surface area is 188 Å². The number of alkyl halides is 3. The zero-order chi connectivity index (χ0) is 20.8. The molecule has 1 fully saturated rings. The third-order valence-electron chi connectivity index (χ3n) is 5.57. The van der Waals surface area contributed by atoms with Crippen molar-refractivity contribution in [3.8, 4) is 0 Å². The normalized spacial score (nSPS) is 22.6. The number of fused-ring (bicyclic) bond motifs is 4. The van der Waals surface area contributed by atoms with Gasteiger partial charge in [-0.05, 0) is 30.5 Å². The summed E-state index contributed by atoms with van der Waals surface area (Å²) in [7, 11) is 0. The van der Waals surface area contributed by atoms with E-state index in [2.05, 4.69) is 5.32 Å². The molecule has 2 aromatic rings. The van der Waals surface area contributed by atoms with Gasteiger partial charge in [0.05, 0.1) is 10.6 Å². The molecular weight excluding hydrogens is 456 g/mol. The molecule has 4 rings (SSSR count). The number of hydrogen-bond acceptors (Lipinski definition) is 3. The molecular formula is C20H19Cl4N3O2. The molecule has 2 aliphatic heterocycles. The summed E-state index contributed by atoms with van der Waals surface area (Å²) >= 11 is 25.0. The summed E-state index contributed by atoms with van der Waals surface area (Å²) in [5, 5.41) is 3.18. The topological polar surface area (TPSA) is 54.3 Å². The molecule has 2 aliphatic rings. The number of hydrogen-bond donors (Lipinski definition) is 1. The van der Waals surface area contributed by atoms with Gasteiger partial charge in [-0.2, -0.15) is 0 Å². The first-order valence-corrected chi connectivity index (χ1v) is 10.8. The van der Waals surface area contributed by atoms with Gasteiger partial charge in [-0.1, -0.05) is 64.6 Å². The number of carbonyl (C=O) groups is 1. The minimum atomic E-state index is -1.74. The average molecular weight is 475 g/mol. The highest BCUT2D eigenvalue weighted by Gasteiger charge is 2.44. The van der Waals surface area contributed by atoms with E-state index in [1.54, 1.807) is 36.4 Å². The second-order valence-corrected chi connectivity index (χ2v) is 10.3. The molecule has 1 unspecified atom stereocenters. The number of likely N-dealkylation sites (tertiary alicyclic amines) is 1. The third kappa shape index (κ3) is 4.30. The minimum absolute atomic E-state index is 0.00981. The van der Waals surface area contributed by atoms with Gasteiger partial charge in [0, 0.05) is 37.3 Å². The molecule has 154 valence electrons. The van der Waals surface area contributed by atoms with E-state index in [1.165, 1.54) is 0 Å². The van der Waals surface area contributed by atoms with Crippen LogP contribution in [0.25, 0.3) is 0 Å². The lowest BCUT2D eigenvalue weighted by molar-refractivity contribution is 0.0586. The van der Waals surface area contributed by atoms with E-state index in [4.69, 9.17) is 46.4 Å². The van der Waals surface area contributed by atoms with Crippen LogP contribution in [-0.2, 0) is 6.54 Å². The third-order valence-corrected chi connectivity index (χ3v) is 6.52. The van der Waals surface area contributed by atoms with Gasteiger partial charge in [0.25, 0.3) is 11.5 Å². The molecule has 1 N–H and O–H groups in total. The van der Waals surface area contributed by atoms with Crippen LogP contribution in [0.4, 0.5) is 0 Å². The van der Waals surface area contributed by atoms with Crippen LogP contribution in [0, 0.1) is 5.92 Å². The Hall–Kier alpha value is -1.24. The van der Waals surface area contributed by atoms with Gasteiger partial charge in [-0.25, -0.2) is 0 Å². The van der Waals surface area contributed by atoms with Gasteiger partial charge >= 0.3 is 0 Å². The van der Waals surface area contributed by atoms with Crippen molar-refractivity contribution < 1.29 is 4.79 Å². The van der Waals surface area contributed by atoms with Crippen LogP contribution < -0.4 is 10.9 Å². The van der Waals surface area contributed by atoms with Crippen LogP contribution in [-0.4, -0.2) is 38.4 Å². The summed E-state index contributed by atoms with van der Waals surface area (Å²) in [6.45, 7) is 1.80. The Bertz CT molecular complexity index is 988. The highest BCUT2D eigenvalue weighted by molar-refractivity contribution is 6.68. The molecule has 0 saturated carbocycles. The highest BCUT2D eigenvalue weighted by atomic mass is 35.6. The number of carbonyl (C=O) groups excluding carboxylic acids is 1. The van der Waals surface area contributed by atoms with Crippen LogP contribution in [0.15, 0.2) is 47.3 Å². The second-order valence-electron chi connectivity index (χ2n) is 7.55. The van der Waals surface area contributed by atoms with E-state index in [0.29, 0.717) is 30.2 Å². The first-order chi connectivity index (χ1) is 13.7. The zero-order valence-corrected chi connectivity index (χ0v) is 18.3. The van der Waals surface area contributed by atoms with Gasteiger partial charge in [0.15, 0.2) is 0 Å². The summed E-state index contributed by atoms with van der Waals surface area (Å²) in [6.07, 6.45) is 0.133. The molecule has 1 saturated heterocycles. The SMILES string of the molecule is O=C(NC(N1C[C@@H]2C[C@H](C1)c1cccc(=O)n1C2)C(Cl)(Cl)Cl)c1ccccc1Cl. The summed E-state index contributed by atoms with van der Waals surface area (Å²) < 4.78 is 0.0990. The second kappa shape index (κ2) is 8.12. The molecule has 3 atom stereocenters. The Morgan fingerprint density at radius 1 is 1.07 bits per heavy atom. The van der Waals surface area contributed by atoms with Crippen molar-refractivity contribution >= 4 is 52.3 Å². The molecule has 5 nitrogen and oxygen atoms in total. The molecule has 9 heteroatoms. The Kier molecular flexibility index (Phi) is 5.88. The van der Waals surface area contributed by atoms with Crippen molar-refractivity contribution in [2.45, 2.75) is 28.8 Å². The zero-order valence-electron chi connectivity index (χ0n) is 15.3. The number of nitrogens with one attached hydrogen (secondary N) is 1. The molecule has 3 heterocycles. The molecule has 0 spiro atoms. The Balaban J connectivity index is 1.60. The fourth-order valence-corrected chi connectivity index (χ4v) is 5.17. The standard InChI is InChI=1S/C20H19Cl4N3O2/c21-15-5-2-1-4-14(15)18(29)25-19(20(22,23)24)26-9-12-8-13(11-26)16-6-3-7-17(28)27(16)10-12/h1-7,12-13,19H,8-11H2,(H,25,29)/t12-,13+,19?/m0/s1. The molecule has 1 amide bonds. The molecule has 2 bridgehead atoms. The fourth-order valence-electron chi connectivity index (χ4n) is 4.37. The molecule has 0 radical (unpaired) electrons. The first-order valence-electron chi connectivity index (χ1n) is 9.30. The van der Waals surface area contributed by atoms with E-state index >= 15 is 0 Å². The van der Waals surface area contributed by atoms with Crippen molar-refractivity contribution in [3.05, 3.63) is 69.1 Å². The smallest absolute Gasteiger partial charge is 0.254 e. The predicted octanol–water partition coefficient (Wildman–Crippen LogP) is 4.05. The fraction of sp³-hybridized carbons (Fsp3) is 0.400. The predicted molar refractivity (Wildman–Crippen MR) is 116 cm³/mol. The van der Waals surface area contributed by atoms with Crippen LogP contribution in [0.1, 0.15) is 28.4 Å². The molecule has 1 aromatic carbocycles. The number of rotatable bonds is 3. The maximum absolute atomic E-state index is 12.8. The number of benzene rings is 1. The van der Waals surface area contributed by atoms with Crippen molar-refractivity contribution in [2.24, 2.45) is 5.92 Å². The van der Waals surface area contributed by atoms with Gasteiger partial charge in [0.1, 0.15) is 6.17 Å². The quantitative estimate of drug-likeness (QED) is 0.682. The van der Waals surface area contributed by atoms with Crippen molar-refractivity contribution in [1.29, 1.82) is 0 Å². The average Bonchev–Trinajstić information content (AvgIpc) is 2.66. The highest BCUT2D eigenvalue weighted by Crippen LogP contribution is 2.40. The summed E-state index contributed by atoms with van der Waals surface area (Å²) in [6, 6.07) is 12.1. The Morgan fingerprint density at radius 2 is 1.83 bits per heavy atom. The monoisotopic (exact) mass is 473 g/mol. The lowest BCUT2D eigenvalue weighted by Gasteiger charge is -2.47. The first kappa shape index (κ1) is 21.0. The van der Waals surface area contributed by atoms with E-state index in [0.717, 1.165) is 12.1 Å². The number of piperidine rings is 1. The van der Waals surface area contributed by atoms with Crippen LogP contribution in [0.5, 0.6) is 0 Å². The number of pyridine rings is 1. The largest absolute Gasteiger partial charge is 0.332 e. The maximum Gasteiger partial charge on any atom is 0.254 e. The number of halogens is 4. The lowest BCUT2D eigenvalue weighted by Crippen LogP contribution is -2.60. The minimum Gasteiger partial charge on any atom is -0.332 e. The van der Waals surface area contributed by atoms with Crippen LogP contribution in [0.2, 0.25) is 5.02 Å². The molecule has 1 aromatic heterocycles. The van der Waals surface area contributed by atoms with Gasteiger partial charge in [-0.3, -0.25) is 14.5 Å². The van der Waals surface area contributed by atoms with Crippen molar-refractivity contribution in [2.75, 3.05) is 13.1 Å². The maximum atomic E-state index is 12.8. The Morgan fingerprint density at radius 3 is 2.55 bits per heavy atom. The number of aromatic nitrogens is 1. The van der Waals surface area contributed by atoms with E-state index < -0.39 is 15.9 Å². The van der Waals surface area contributed by atoms with E-state index in [-0.39, 0.29) is 17.4 Å². The summed E-state index contributed by atoms with van der Waals surface area (Å²) in [5.74, 6) is -0.0452. The van der Waals surface area contributed by atoms with Crippen molar-refractivity contribution in [3.63, 3.8) is 0 Å². The molecule has 29 heavy (non-hydrogen) atoms. The van der Waals surface area contributed by atoms with Gasteiger partial charge in [-0.15, -0.1) is 0 Å². The summed E-state index contributed by atoms with van der Waals surface area (Å²) in [5.41, 5.74) is 1.32.